The number of hydrogen-bond donors (Lipinski definition) is 0. The van der Waals surface area contributed by atoms with Crippen LogP contribution in [0, 0.1) is 0 Å². The molecule has 4 rings (SSSR count). The van der Waals surface area contributed by atoms with Crippen molar-refractivity contribution in [3.8, 4) is 0 Å². The second kappa shape index (κ2) is 3.18. The molecule has 0 saturated heterocycles. The zero-order valence-electron chi connectivity index (χ0n) is 8.66. The van der Waals surface area contributed by atoms with Gasteiger partial charge in [0.2, 0.25) is 0 Å². The average molecular weight is 238 g/mol. The molecule has 0 spiro atoms. The van der Waals surface area contributed by atoms with Crippen molar-refractivity contribution in [3.05, 3.63) is 36.9 Å². The number of thiophene rings is 1. The molecule has 4 heterocycles. The average Bonchev–Trinajstić information content (AvgIpc) is 2.73. The van der Waals surface area contributed by atoms with Gasteiger partial charge in [-0.2, -0.15) is 0 Å². The molecule has 0 aromatic carbocycles. The molecule has 17 heavy (non-hydrogen) atoms. The predicted molar refractivity (Wildman–Crippen MR) is 68.0 cm³/mol. The first kappa shape index (κ1) is 8.95. The van der Waals surface area contributed by atoms with E-state index in [1.165, 1.54) is 5.39 Å². The molecule has 0 atom stereocenters. The fourth-order valence-corrected chi connectivity index (χ4v) is 2.96. The van der Waals surface area contributed by atoms with Gasteiger partial charge in [0.1, 0.15) is 10.3 Å². The smallest absolute Gasteiger partial charge is 0.179 e. The molecule has 0 fully saturated rings. The summed E-state index contributed by atoms with van der Waals surface area (Å²) in [5.41, 5.74) is 1.52. The van der Waals surface area contributed by atoms with E-state index in [1.54, 1.807) is 29.9 Å². The van der Waals surface area contributed by atoms with Crippen LogP contribution >= 0.6 is 11.3 Å². The number of pyridine rings is 2. The van der Waals surface area contributed by atoms with Gasteiger partial charge in [0.05, 0.1) is 4.70 Å². The first-order chi connectivity index (χ1) is 8.42. The Kier molecular flexibility index (Phi) is 1.67. The van der Waals surface area contributed by atoms with Gasteiger partial charge in [0.25, 0.3) is 0 Å². The van der Waals surface area contributed by atoms with Gasteiger partial charge in [0, 0.05) is 35.6 Å². The van der Waals surface area contributed by atoms with E-state index in [0.29, 0.717) is 5.65 Å². The van der Waals surface area contributed by atoms with E-state index in [4.69, 9.17) is 0 Å². The van der Waals surface area contributed by atoms with Gasteiger partial charge in [-0.25, -0.2) is 9.97 Å². The molecule has 0 aliphatic carbocycles. The molecule has 5 heteroatoms. The van der Waals surface area contributed by atoms with Gasteiger partial charge in [-0.3, -0.25) is 9.97 Å². The first-order valence-electron chi connectivity index (χ1n) is 5.16. The van der Waals surface area contributed by atoms with Crippen LogP contribution in [0.1, 0.15) is 0 Å². The van der Waals surface area contributed by atoms with Crippen LogP contribution in [0.5, 0.6) is 0 Å². The van der Waals surface area contributed by atoms with E-state index in [0.717, 1.165) is 20.4 Å². The van der Waals surface area contributed by atoms with E-state index in [1.807, 2.05) is 18.3 Å². The second-order valence-corrected chi connectivity index (χ2v) is 4.74. The van der Waals surface area contributed by atoms with Crippen LogP contribution in [-0.2, 0) is 0 Å². The molecule has 4 aromatic heterocycles. The van der Waals surface area contributed by atoms with Crippen molar-refractivity contribution in [2.75, 3.05) is 0 Å². The lowest BCUT2D eigenvalue weighted by atomic mass is 10.2. The summed E-state index contributed by atoms with van der Waals surface area (Å²) in [7, 11) is 0. The third-order valence-electron chi connectivity index (χ3n) is 2.71. The summed E-state index contributed by atoms with van der Waals surface area (Å²) < 4.78 is 1.14. The summed E-state index contributed by atoms with van der Waals surface area (Å²) in [5, 5.41) is 2.31. The van der Waals surface area contributed by atoms with E-state index < -0.39 is 0 Å². The fraction of sp³-hybridized carbons (Fsp3) is 0. The van der Waals surface area contributed by atoms with Crippen LogP contribution in [0.3, 0.4) is 0 Å². The van der Waals surface area contributed by atoms with Crippen LogP contribution < -0.4 is 0 Å². The van der Waals surface area contributed by atoms with Crippen molar-refractivity contribution in [2.45, 2.75) is 0 Å². The minimum atomic E-state index is 0.694. The standard InChI is InChI=1S/C12H6N4S/c1-2-13-6-10-7(1)8-5-9-11(15-4-3-14-9)16-12(8)17-10/h1-6H. The molecule has 0 amide bonds. The Morgan fingerprint density at radius 2 is 1.94 bits per heavy atom. The normalized spacial score (nSPS) is 11.5. The van der Waals surface area contributed by atoms with Crippen molar-refractivity contribution < 1.29 is 0 Å². The minimum Gasteiger partial charge on any atom is -0.263 e. The van der Waals surface area contributed by atoms with Crippen LogP contribution in [0.15, 0.2) is 36.9 Å². The molecule has 4 aromatic rings. The minimum absolute atomic E-state index is 0.694. The monoisotopic (exact) mass is 238 g/mol. The van der Waals surface area contributed by atoms with Gasteiger partial charge in [-0.1, -0.05) is 0 Å². The van der Waals surface area contributed by atoms with E-state index in [2.05, 4.69) is 19.9 Å². The summed E-state index contributed by atoms with van der Waals surface area (Å²) in [4.78, 5) is 18.1. The Morgan fingerprint density at radius 1 is 1.00 bits per heavy atom. The SMILES string of the molecule is c1cc2c(cn1)sc1nc3nccnc3cc12. The highest BCUT2D eigenvalue weighted by Crippen LogP contribution is 2.32. The zero-order chi connectivity index (χ0) is 11.2. The highest BCUT2D eigenvalue weighted by atomic mass is 32.1. The van der Waals surface area contributed by atoms with Gasteiger partial charge in [-0.15, -0.1) is 11.3 Å². The number of hydrogen-bond acceptors (Lipinski definition) is 5. The van der Waals surface area contributed by atoms with Gasteiger partial charge < -0.3 is 0 Å². The quantitative estimate of drug-likeness (QED) is 0.472. The van der Waals surface area contributed by atoms with Crippen molar-refractivity contribution in [3.63, 3.8) is 0 Å². The number of aromatic nitrogens is 4. The van der Waals surface area contributed by atoms with Crippen molar-refractivity contribution in [1.82, 2.24) is 19.9 Å². The topological polar surface area (TPSA) is 51.6 Å². The summed E-state index contributed by atoms with van der Waals surface area (Å²) in [6.07, 6.45) is 7.02. The molecule has 4 nitrogen and oxygen atoms in total. The molecular formula is C12H6N4S. The summed E-state index contributed by atoms with van der Waals surface area (Å²) >= 11 is 1.64. The molecule has 0 aliphatic heterocycles. The lowest BCUT2D eigenvalue weighted by Gasteiger charge is -1.95. The van der Waals surface area contributed by atoms with Crippen molar-refractivity contribution in [2.24, 2.45) is 0 Å². The lowest BCUT2D eigenvalue weighted by Crippen LogP contribution is -1.85. The zero-order valence-corrected chi connectivity index (χ0v) is 9.48. The molecule has 0 N–H and O–H groups in total. The number of rotatable bonds is 0. The molecule has 0 radical (unpaired) electrons. The van der Waals surface area contributed by atoms with Crippen LogP contribution in [0.4, 0.5) is 0 Å². The molecular weight excluding hydrogens is 232 g/mol. The van der Waals surface area contributed by atoms with Gasteiger partial charge >= 0.3 is 0 Å². The predicted octanol–water partition coefficient (Wildman–Crippen LogP) is 2.79. The molecule has 0 bridgehead atoms. The van der Waals surface area contributed by atoms with Crippen LogP contribution in [0.25, 0.3) is 31.5 Å². The van der Waals surface area contributed by atoms with E-state index >= 15 is 0 Å². The van der Waals surface area contributed by atoms with Crippen molar-refractivity contribution >= 4 is 42.8 Å². The van der Waals surface area contributed by atoms with E-state index in [9.17, 15) is 0 Å². The van der Waals surface area contributed by atoms with Gasteiger partial charge in [-0.05, 0) is 12.1 Å². The van der Waals surface area contributed by atoms with E-state index in [-0.39, 0.29) is 0 Å². The number of fused-ring (bicyclic) bond motifs is 4. The highest BCUT2D eigenvalue weighted by Gasteiger charge is 2.08. The maximum Gasteiger partial charge on any atom is 0.179 e. The number of nitrogens with zero attached hydrogens (tertiary/aromatic N) is 4. The van der Waals surface area contributed by atoms with Gasteiger partial charge in [0.15, 0.2) is 5.65 Å². The second-order valence-electron chi connectivity index (χ2n) is 3.71. The Labute approximate surface area is 100.0 Å². The Morgan fingerprint density at radius 3 is 2.94 bits per heavy atom. The summed E-state index contributed by atoms with van der Waals surface area (Å²) in [6.45, 7) is 0. The Hall–Kier alpha value is -2.14. The molecule has 0 aliphatic rings. The summed E-state index contributed by atoms with van der Waals surface area (Å²) in [6, 6.07) is 4.06. The maximum atomic E-state index is 4.53. The first-order valence-corrected chi connectivity index (χ1v) is 5.97. The fourth-order valence-electron chi connectivity index (χ4n) is 1.94. The van der Waals surface area contributed by atoms with Crippen molar-refractivity contribution in [1.29, 1.82) is 0 Å². The molecule has 0 saturated carbocycles. The molecule has 0 unspecified atom stereocenters. The third kappa shape index (κ3) is 1.23. The summed E-state index contributed by atoms with van der Waals surface area (Å²) in [5.74, 6) is 0. The maximum absolute atomic E-state index is 4.53. The molecule has 80 valence electrons. The Balaban J connectivity index is 2.28. The lowest BCUT2D eigenvalue weighted by molar-refractivity contribution is 1.25. The highest BCUT2D eigenvalue weighted by molar-refractivity contribution is 7.25. The largest absolute Gasteiger partial charge is 0.263 e. The van der Waals surface area contributed by atoms with Crippen LogP contribution in [0.2, 0.25) is 0 Å². The Bertz CT molecular complexity index is 847. The van der Waals surface area contributed by atoms with Crippen LogP contribution in [-0.4, -0.2) is 19.9 Å². The third-order valence-corrected chi connectivity index (χ3v) is 3.76.